The van der Waals surface area contributed by atoms with Gasteiger partial charge in [-0.1, -0.05) is 12.1 Å². The lowest BCUT2D eigenvalue weighted by atomic mass is 10.3. The normalized spacial score (nSPS) is 11.9. The molecule has 154 valence electrons. The number of nitrogens with one attached hydrogen (secondary N) is 1. The van der Waals surface area contributed by atoms with Crippen LogP contribution < -0.4 is 13.8 Å². The molecule has 0 atom stereocenters. The topological polar surface area (TPSA) is 92.8 Å². The van der Waals surface area contributed by atoms with Crippen molar-refractivity contribution in [1.82, 2.24) is 4.72 Å². The highest BCUT2D eigenvalue weighted by Crippen LogP contribution is 2.29. The molecule has 1 heterocycles. The number of hydrogen-bond donors (Lipinski definition) is 1. The SMILES string of the molecule is CNS(=O)(=O)c1cccc(S(=O)(=O)N(Cc2cccs2)c2ccc(OC)cc2)c1. The molecule has 3 aromatic rings. The van der Waals surface area contributed by atoms with Crippen LogP contribution in [0.25, 0.3) is 0 Å². The van der Waals surface area contributed by atoms with Gasteiger partial charge in [0.05, 0.1) is 29.1 Å². The summed E-state index contributed by atoms with van der Waals surface area (Å²) in [5.41, 5.74) is 0.445. The van der Waals surface area contributed by atoms with Crippen LogP contribution in [0, 0.1) is 0 Å². The fourth-order valence-electron chi connectivity index (χ4n) is 2.65. The minimum atomic E-state index is -4.03. The fourth-order valence-corrected chi connectivity index (χ4v) is 5.77. The largest absolute Gasteiger partial charge is 0.497 e. The van der Waals surface area contributed by atoms with Crippen molar-refractivity contribution in [2.24, 2.45) is 0 Å². The Balaban J connectivity index is 2.09. The van der Waals surface area contributed by atoms with Crippen LogP contribution in [-0.4, -0.2) is 31.0 Å². The molecule has 0 unspecified atom stereocenters. The number of thiophene rings is 1. The number of anilines is 1. The van der Waals surface area contributed by atoms with E-state index in [0.717, 1.165) is 10.9 Å². The lowest BCUT2D eigenvalue weighted by molar-refractivity contribution is 0.415. The fraction of sp³-hybridized carbons (Fsp3) is 0.158. The summed E-state index contributed by atoms with van der Waals surface area (Å²) in [6, 6.07) is 15.6. The van der Waals surface area contributed by atoms with Crippen LogP contribution in [0.2, 0.25) is 0 Å². The number of benzene rings is 2. The summed E-state index contributed by atoms with van der Waals surface area (Å²) in [6.45, 7) is 0.120. The first kappa shape index (κ1) is 21.3. The van der Waals surface area contributed by atoms with Crippen LogP contribution in [0.1, 0.15) is 4.88 Å². The van der Waals surface area contributed by atoms with Gasteiger partial charge in [0, 0.05) is 4.88 Å². The summed E-state index contributed by atoms with van der Waals surface area (Å²) in [5.74, 6) is 0.601. The van der Waals surface area contributed by atoms with E-state index in [4.69, 9.17) is 4.74 Å². The quantitative estimate of drug-likeness (QED) is 0.567. The van der Waals surface area contributed by atoms with Gasteiger partial charge in [-0.05, 0) is 61.0 Å². The minimum absolute atomic E-state index is 0.110. The second-order valence-corrected chi connectivity index (χ2v) is 10.8. The van der Waals surface area contributed by atoms with E-state index in [-0.39, 0.29) is 16.3 Å². The Hall–Kier alpha value is -2.40. The molecule has 7 nitrogen and oxygen atoms in total. The molecule has 1 N–H and O–H groups in total. The number of rotatable bonds is 8. The van der Waals surface area contributed by atoms with Crippen LogP contribution in [0.5, 0.6) is 5.75 Å². The van der Waals surface area contributed by atoms with Crippen LogP contribution >= 0.6 is 11.3 Å². The van der Waals surface area contributed by atoms with E-state index >= 15 is 0 Å². The van der Waals surface area contributed by atoms with Crippen LogP contribution in [0.15, 0.2) is 75.8 Å². The molecule has 3 rings (SSSR count). The molecule has 10 heteroatoms. The molecule has 0 saturated carbocycles. The van der Waals surface area contributed by atoms with E-state index in [1.54, 1.807) is 24.3 Å². The third-order valence-electron chi connectivity index (χ3n) is 4.21. The van der Waals surface area contributed by atoms with Gasteiger partial charge in [-0.2, -0.15) is 0 Å². The first-order valence-corrected chi connectivity index (χ1v) is 12.3. The van der Waals surface area contributed by atoms with Crippen LogP contribution in [-0.2, 0) is 26.6 Å². The van der Waals surface area contributed by atoms with Crippen molar-refractivity contribution in [1.29, 1.82) is 0 Å². The summed E-state index contributed by atoms with van der Waals surface area (Å²) in [7, 11) is -5.01. The van der Waals surface area contributed by atoms with E-state index < -0.39 is 20.0 Å². The molecular weight excluding hydrogens is 432 g/mol. The molecule has 0 amide bonds. The van der Waals surface area contributed by atoms with Crippen molar-refractivity contribution in [3.05, 3.63) is 70.9 Å². The highest BCUT2D eigenvalue weighted by atomic mass is 32.2. The van der Waals surface area contributed by atoms with Crippen molar-refractivity contribution in [2.75, 3.05) is 18.5 Å². The van der Waals surface area contributed by atoms with Crippen molar-refractivity contribution >= 4 is 37.1 Å². The van der Waals surface area contributed by atoms with Gasteiger partial charge in [0.25, 0.3) is 10.0 Å². The third kappa shape index (κ3) is 4.61. The number of sulfonamides is 2. The van der Waals surface area contributed by atoms with Crippen LogP contribution in [0.4, 0.5) is 5.69 Å². The Morgan fingerprint density at radius 1 is 0.966 bits per heavy atom. The molecule has 0 saturated heterocycles. The van der Waals surface area contributed by atoms with E-state index in [1.165, 1.54) is 48.0 Å². The molecule has 0 fully saturated rings. The maximum Gasteiger partial charge on any atom is 0.264 e. The van der Waals surface area contributed by atoms with Gasteiger partial charge in [-0.15, -0.1) is 11.3 Å². The number of methoxy groups -OCH3 is 1. The minimum Gasteiger partial charge on any atom is -0.497 e. The standard InChI is InChI=1S/C19H20N2O5S3/c1-20-28(22,23)18-6-3-7-19(13-18)29(24,25)21(14-17-5-4-12-27-17)15-8-10-16(26-2)11-9-15/h3-13,20H,14H2,1-2H3. The molecule has 0 radical (unpaired) electrons. The van der Waals surface area contributed by atoms with Crippen molar-refractivity contribution < 1.29 is 21.6 Å². The molecule has 1 aromatic heterocycles. The zero-order valence-electron chi connectivity index (χ0n) is 15.8. The predicted octanol–water partition coefficient (Wildman–Crippen LogP) is 3.06. The van der Waals surface area contributed by atoms with Gasteiger partial charge in [0.1, 0.15) is 5.75 Å². The average Bonchev–Trinajstić information content (AvgIpc) is 3.25. The number of nitrogens with zero attached hydrogens (tertiary/aromatic N) is 1. The average molecular weight is 453 g/mol. The number of hydrogen-bond acceptors (Lipinski definition) is 6. The van der Waals surface area contributed by atoms with Crippen molar-refractivity contribution in [3.63, 3.8) is 0 Å². The lowest BCUT2D eigenvalue weighted by Crippen LogP contribution is -2.30. The molecular formula is C19H20N2O5S3. The monoisotopic (exact) mass is 452 g/mol. The summed E-state index contributed by atoms with van der Waals surface area (Å²) < 4.78 is 59.8. The first-order valence-electron chi connectivity index (χ1n) is 8.51. The first-order chi connectivity index (χ1) is 13.8. The zero-order chi connectivity index (χ0) is 21.1. The summed E-state index contributed by atoms with van der Waals surface area (Å²) in [5, 5.41) is 1.87. The Bertz CT molecular complexity index is 1170. The molecule has 0 bridgehead atoms. The van der Waals surface area contributed by atoms with E-state index in [1.807, 2.05) is 17.5 Å². The van der Waals surface area contributed by atoms with Crippen LogP contribution in [0.3, 0.4) is 0 Å². The Morgan fingerprint density at radius 2 is 1.66 bits per heavy atom. The van der Waals surface area contributed by atoms with Gasteiger partial charge in [-0.25, -0.2) is 21.6 Å². The predicted molar refractivity (Wildman–Crippen MR) is 113 cm³/mol. The highest BCUT2D eigenvalue weighted by Gasteiger charge is 2.27. The summed E-state index contributed by atoms with van der Waals surface area (Å²) in [4.78, 5) is 0.622. The maximum absolute atomic E-state index is 13.5. The second-order valence-electron chi connectivity index (χ2n) is 5.97. The van der Waals surface area contributed by atoms with Crippen molar-refractivity contribution in [2.45, 2.75) is 16.3 Å². The van der Waals surface area contributed by atoms with Crippen molar-refractivity contribution in [3.8, 4) is 5.75 Å². The Morgan fingerprint density at radius 3 is 2.24 bits per heavy atom. The molecule has 29 heavy (non-hydrogen) atoms. The molecule has 2 aromatic carbocycles. The zero-order valence-corrected chi connectivity index (χ0v) is 18.2. The highest BCUT2D eigenvalue weighted by molar-refractivity contribution is 7.93. The molecule has 0 aliphatic heterocycles. The maximum atomic E-state index is 13.5. The third-order valence-corrected chi connectivity index (χ3v) is 8.26. The van der Waals surface area contributed by atoms with Gasteiger partial charge in [0.15, 0.2) is 0 Å². The van der Waals surface area contributed by atoms with E-state index in [0.29, 0.717) is 11.4 Å². The van der Waals surface area contributed by atoms with Gasteiger partial charge in [-0.3, -0.25) is 4.31 Å². The molecule has 0 aliphatic carbocycles. The Kier molecular flexibility index (Phi) is 6.27. The van der Waals surface area contributed by atoms with Gasteiger partial charge < -0.3 is 4.74 Å². The summed E-state index contributed by atoms with van der Waals surface area (Å²) in [6.07, 6.45) is 0. The molecule has 0 aliphatic rings. The van der Waals surface area contributed by atoms with E-state index in [9.17, 15) is 16.8 Å². The lowest BCUT2D eigenvalue weighted by Gasteiger charge is -2.24. The van der Waals surface area contributed by atoms with Gasteiger partial charge in [0.2, 0.25) is 10.0 Å². The number of ether oxygens (including phenoxy) is 1. The second kappa shape index (κ2) is 8.54. The smallest absolute Gasteiger partial charge is 0.264 e. The van der Waals surface area contributed by atoms with Gasteiger partial charge >= 0.3 is 0 Å². The Labute approximate surface area is 174 Å². The summed E-state index contributed by atoms with van der Waals surface area (Å²) >= 11 is 1.44. The van der Waals surface area contributed by atoms with E-state index in [2.05, 4.69) is 4.72 Å². The molecule has 0 spiro atoms.